The first-order valence-corrected chi connectivity index (χ1v) is 6.52. The lowest BCUT2D eigenvalue weighted by molar-refractivity contribution is 0.758. The zero-order valence-corrected chi connectivity index (χ0v) is 11.8. The van der Waals surface area contributed by atoms with Gasteiger partial charge in [0.15, 0.2) is 0 Å². The Kier molecular flexibility index (Phi) is 3.61. The molecule has 0 saturated heterocycles. The molecule has 2 rings (SSSR count). The molecule has 6 heteroatoms. The lowest BCUT2D eigenvalue weighted by Gasteiger charge is -2.20. The van der Waals surface area contributed by atoms with E-state index < -0.39 is 0 Å². The van der Waals surface area contributed by atoms with E-state index >= 15 is 0 Å². The summed E-state index contributed by atoms with van der Waals surface area (Å²) in [5, 5.41) is 4.20. The molecule has 0 radical (unpaired) electrons. The van der Waals surface area contributed by atoms with Crippen molar-refractivity contribution in [1.82, 2.24) is 19.6 Å². The zero-order valence-electron chi connectivity index (χ0n) is 10.3. The van der Waals surface area contributed by atoms with Crippen LogP contribution in [0.4, 0.5) is 5.82 Å². The lowest BCUT2D eigenvalue weighted by atomic mass is 10.3. The van der Waals surface area contributed by atoms with Gasteiger partial charge in [-0.3, -0.25) is 0 Å². The maximum Gasteiger partial charge on any atom is 0.254 e. The molecular weight excluding hydrogens is 282 g/mol. The summed E-state index contributed by atoms with van der Waals surface area (Å²) >= 11 is 3.56. The first-order valence-electron chi connectivity index (χ1n) is 5.60. The van der Waals surface area contributed by atoms with Crippen LogP contribution in [0.5, 0.6) is 0 Å². The molecule has 0 amide bonds. The van der Waals surface area contributed by atoms with Crippen LogP contribution < -0.4 is 4.90 Å². The van der Waals surface area contributed by atoms with Crippen molar-refractivity contribution in [3.8, 4) is 0 Å². The second kappa shape index (κ2) is 5.00. The number of aromatic nitrogens is 4. The van der Waals surface area contributed by atoms with Gasteiger partial charge in [-0.25, -0.2) is 4.98 Å². The minimum absolute atomic E-state index is 0.513. The lowest BCUT2D eigenvalue weighted by Crippen LogP contribution is -2.23. The van der Waals surface area contributed by atoms with E-state index in [2.05, 4.69) is 49.9 Å². The monoisotopic (exact) mass is 297 g/mol. The molecule has 0 saturated carbocycles. The predicted molar refractivity (Wildman–Crippen MR) is 71.8 cm³/mol. The minimum atomic E-state index is 0.513. The summed E-state index contributed by atoms with van der Waals surface area (Å²) in [6.07, 6.45) is 2.61. The molecule has 0 aliphatic rings. The Labute approximate surface area is 109 Å². The minimum Gasteiger partial charge on any atom is -0.359 e. The van der Waals surface area contributed by atoms with E-state index in [0.717, 1.165) is 24.5 Å². The van der Waals surface area contributed by atoms with E-state index in [1.807, 2.05) is 13.0 Å². The first-order chi connectivity index (χ1) is 8.08. The van der Waals surface area contributed by atoms with Crippen molar-refractivity contribution in [3.05, 3.63) is 18.1 Å². The van der Waals surface area contributed by atoms with E-state index in [1.54, 1.807) is 4.52 Å². The molecule has 5 nitrogen and oxygen atoms in total. The fourth-order valence-electron chi connectivity index (χ4n) is 1.67. The normalized spacial score (nSPS) is 12.9. The molecule has 0 aromatic carbocycles. The molecule has 17 heavy (non-hydrogen) atoms. The van der Waals surface area contributed by atoms with Gasteiger partial charge in [0.1, 0.15) is 12.1 Å². The average molecular weight is 298 g/mol. The van der Waals surface area contributed by atoms with Crippen molar-refractivity contribution in [2.24, 2.45) is 0 Å². The molecule has 2 heterocycles. The summed E-state index contributed by atoms with van der Waals surface area (Å²) in [4.78, 5) is 11.1. The Hall–Kier alpha value is -1.17. The molecule has 2 aromatic heterocycles. The van der Waals surface area contributed by atoms with Crippen LogP contribution in [0.3, 0.4) is 0 Å². The van der Waals surface area contributed by atoms with Crippen LogP contribution in [0.1, 0.15) is 19.0 Å². The molecule has 92 valence electrons. The number of halogens is 1. The highest BCUT2D eigenvalue weighted by atomic mass is 79.9. The number of fused-ring (bicyclic) bond motifs is 1. The number of nitrogens with zero attached hydrogens (tertiary/aromatic N) is 5. The van der Waals surface area contributed by atoms with Crippen molar-refractivity contribution in [2.75, 3.05) is 18.5 Å². The van der Waals surface area contributed by atoms with Gasteiger partial charge in [-0.1, -0.05) is 22.9 Å². The number of rotatable bonds is 4. The highest BCUT2D eigenvalue weighted by molar-refractivity contribution is 9.09. The van der Waals surface area contributed by atoms with Crippen LogP contribution in [-0.4, -0.2) is 38.0 Å². The van der Waals surface area contributed by atoms with Crippen LogP contribution >= 0.6 is 15.9 Å². The third-order valence-corrected chi connectivity index (χ3v) is 3.07. The number of alkyl halides is 1. The largest absolute Gasteiger partial charge is 0.359 e. The van der Waals surface area contributed by atoms with Gasteiger partial charge in [0, 0.05) is 30.2 Å². The van der Waals surface area contributed by atoms with E-state index in [4.69, 9.17) is 0 Å². The fraction of sp³-hybridized carbons (Fsp3) is 0.545. The number of hydrogen-bond donors (Lipinski definition) is 0. The molecule has 0 fully saturated rings. The van der Waals surface area contributed by atoms with E-state index in [9.17, 15) is 0 Å². The maximum absolute atomic E-state index is 4.33. The molecule has 1 atom stereocenters. The summed E-state index contributed by atoms with van der Waals surface area (Å²) in [6.45, 7) is 5.08. The molecule has 1 unspecified atom stereocenters. The van der Waals surface area contributed by atoms with Gasteiger partial charge < -0.3 is 4.90 Å². The Morgan fingerprint density at radius 3 is 3.00 bits per heavy atom. The Bertz CT molecular complexity index is 508. The number of hydrogen-bond acceptors (Lipinski definition) is 4. The van der Waals surface area contributed by atoms with Crippen LogP contribution in [0.25, 0.3) is 5.78 Å². The van der Waals surface area contributed by atoms with Crippen molar-refractivity contribution >= 4 is 27.5 Å². The molecule has 0 aliphatic heterocycles. The standard InChI is InChI=1S/C11H16BrN5/c1-8(12)4-5-16(3)10-6-9(2)15-11-13-7-14-17(10)11/h6-8H,4-5H2,1-3H3. The van der Waals surface area contributed by atoms with Gasteiger partial charge in [-0.05, 0) is 13.3 Å². The smallest absolute Gasteiger partial charge is 0.254 e. The highest BCUT2D eigenvalue weighted by Crippen LogP contribution is 2.15. The average Bonchev–Trinajstić information content (AvgIpc) is 2.72. The number of aryl methyl sites for hydroxylation is 1. The fourth-order valence-corrected chi connectivity index (χ4v) is 1.87. The summed E-state index contributed by atoms with van der Waals surface area (Å²) in [5.74, 6) is 1.68. The van der Waals surface area contributed by atoms with Crippen LogP contribution in [0.15, 0.2) is 12.4 Å². The quantitative estimate of drug-likeness (QED) is 0.810. The third-order valence-electron chi connectivity index (χ3n) is 2.61. The van der Waals surface area contributed by atoms with E-state index in [-0.39, 0.29) is 0 Å². The topological polar surface area (TPSA) is 46.3 Å². The Balaban J connectivity index is 2.30. The zero-order chi connectivity index (χ0) is 12.4. The maximum atomic E-state index is 4.33. The summed E-state index contributed by atoms with van der Waals surface area (Å²) in [7, 11) is 2.06. The second-order valence-corrected chi connectivity index (χ2v) is 5.78. The summed E-state index contributed by atoms with van der Waals surface area (Å²) in [5.41, 5.74) is 0.958. The van der Waals surface area contributed by atoms with Crippen molar-refractivity contribution in [2.45, 2.75) is 25.1 Å². The van der Waals surface area contributed by atoms with Crippen LogP contribution in [-0.2, 0) is 0 Å². The Morgan fingerprint density at radius 2 is 2.29 bits per heavy atom. The molecule has 0 bridgehead atoms. The predicted octanol–water partition coefficient (Wildman–Crippen LogP) is 2.04. The van der Waals surface area contributed by atoms with Gasteiger partial charge >= 0.3 is 0 Å². The molecular formula is C11H16BrN5. The number of anilines is 1. The van der Waals surface area contributed by atoms with E-state index in [0.29, 0.717) is 10.6 Å². The van der Waals surface area contributed by atoms with Gasteiger partial charge in [-0.15, -0.1) is 0 Å². The molecule has 0 spiro atoms. The van der Waals surface area contributed by atoms with Gasteiger partial charge in [0.2, 0.25) is 0 Å². The SMILES string of the molecule is Cc1cc(N(C)CCC(C)Br)n2ncnc2n1. The first kappa shape index (κ1) is 12.3. The van der Waals surface area contributed by atoms with Crippen molar-refractivity contribution < 1.29 is 0 Å². The van der Waals surface area contributed by atoms with Crippen molar-refractivity contribution in [1.29, 1.82) is 0 Å². The second-order valence-electron chi connectivity index (χ2n) is 4.22. The van der Waals surface area contributed by atoms with E-state index in [1.165, 1.54) is 6.33 Å². The van der Waals surface area contributed by atoms with Gasteiger partial charge in [-0.2, -0.15) is 14.6 Å². The summed E-state index contributed by atoms with van der Waals surface area (Å²) in [6, 6.07) is 2.03. The van der Waals surface area contributed by atoms with Gasteiger partial charge in [0.25, 0.3) is 5.78 Å². The molecule has 2 aromatic rings. The highest BCUT2D eigenvalue weighted by Gasteiger charge is 2.10. The van der Waals surface area contributed by atoms with Crippen LogP contribution in [0.2, 0.25) is 0 Å². The van der Waals surface area contributed by atoms with Gasteiger partial charge in [0.05, 0.1) is 0 Å². The molecule has 0 N–H and O–H groups in total. The summed E-state index contributed by atoms with van der Waals surface area (Å²) < 4.78 is 1.77. The Morgan fingerprint density at radius 1 is 1.53 bits per heavy atom. The van der Waals surface area contributed by atoms with Crippen molar-refractivity contribution in [3.63, 3.8) is 0 Å². The van der Waals surface area contributed by atoms with Crippen LogP contribution in [0, 0.1) is 6.92 Å². The third kappa shape index (κ3) is 2.74. The molecule has 0 aliphatic carbocycles.